The van der Waals surface area contributed by atoms with Gasteiger partial charge in [0.15, 0.2) is 11.5 Å². The molecule has 18 heavy (non-hydrogen) atoms. The van der Waals surface area contributed by atoms with Gasteiger partial charge >= 0.3 is 0 Å². The molecule has 0 aromatic heterocycles. The molecular weight excluding hydrogens is 228 g/mol. The second-order valence-corrected chi connectivity index (χ2v) is 4.90. The van der Waals surface area contributed by atoms with Gasteiger partial charge < -0.3 is 14.4 Å². The summed E-state index contributed by atoms with van der Waals surface area (Å²) in [5, 5.41) is 0. The molecule has 2 heterocycles. The highest BCUT2D eigenvalue weighted by Crippen LogP contribution is 2.32. The first-order chi connectivity index (χ1) is 8.85. The van der Waals surface area contributed by atoms with Crippen molar-refractivity contribution in [3.05, 3.63) is 23.8 Å². The van der Waals surface area contributed by atoms with Gasteiger partial charge in [0, 0.05) is 32.7 Å². The first-order valence-corrected chi connectivity index (χ1v) is 6.68. The Bertz CT molecular complexity index is 414. The van der Waals surface area contributed by atoms with Gasteiger partial charge in [-0.3, -0.25) is 4.90 Å². The first kappa shape index (κ1) is 11.8. The van der Waals surface area contributed by atoms with Crippen LogP contribution in [0.2, 0.25) is 0 Å². The van der Waals surface area contributed by atoms with Crippen molar-refractivity contribution >= 4 is 0 Å². The topological polar surface area (TPSA) is 24.9 Å². The average molecular weight is 248 g/mol. The average Bonchev–Trinajstić information content (AvgIpc) is 2.87. The lowest BCUT2D eigenvalue weighted by molar-refractivity contribution is 0.132. The zero-order valence-corrected chi connectivity index (χ0v) is 10.9. The molecule has 0 atom stereocenters. The highest BCUT2D eigenvalue weighted by atomic mass is 16.7. The van der Waals surface area contributed by atoms with Crippen LogP contribution in [0.5, 0.6) is 11.5 Å². The number of ether oxygens (including phenoxy) is 2. The van der Waals surface area contributed by atoms with Crippen molar-refractivity contribution < 1.29 is 9.47 Å². The van der Waals surface area contributed by atoms with Gasteiger partial charge in [-0.05, 0) is 24.2 Å². The lowest BCUT2D eigenvalue weighted by Crippen LogP contribution is -2.45. The molecule has 1 aromatic rings. The van der Waals surface area contributed by atoms with E-state index in [0.717, 1.165) is 37.7 Å². The largest absolute Gasteiger partial charge is 0.454 e. The molecule has 3 rings (SSSR count). The maximum absolute atomic E-state index is 5.41. The Hall–Kier alpha value is -1.26. The SMILES string of the molecule is CCN1CCN(Cc2ccc3c(c2)OCO3)CC1. The van der Waals surface area contributed by atoms with Gasteiger partial charge in [-0.1, -0.05) is 13.0 Å². The van der Waals surface area contributed by atoms with Crippen molar-refractivity contribution in [2.24, 2.45) is 0 Å². The Kier molecular flexibility index (Phi) is 3.39. The number of fused-ring (bicyclic) bond motifs is 1. The van der Waals surface area contributed by atoms with E-state index >= 15 is 0 Å². The third kappa shape index (κ3) is 2.44. The van der Waals surface area contributed by atoms with Crippen LogP contribution in [0.1, 0.15) is 12.5 Å². The van der Waals surface area contributed by atoms with Crippen molar-refractivity contribution in [3.63, 3.8) is 0 Å². The van der Waals surface area contributed by atoms with E-state index < -0.39 is 0 Å². The van der Waals surface area contributed by atoms with Gasteiger partial charge in [0.1, 0.15) is 0 Å². The van der Waals surface area contributed by atoms with E-state index in [1.807, 2.05) is 6.07 Å². The third-order valence-electron chi connectivity index (χ3n) is 3.76. The van der Waals surface area contributed by atoms with Gasteiger partial charge in [-0.15, -0.1) is 0 Å². The predicted molar refractivity (Wildman–Crippen MR) is 70.0 cm³/mol. The van der Waals surface area contributed by atoms with E-state index in [9.17, 15) is 0 Å². The summed E-state index contributed by atoms with van der Waals surface area (Å²) in [5.41, 5.74) is 1.31. The Balaban J connectivity index is 1.60. The fraction of sp³-hybridized carbons (Fsp3) is 0.571. The van der Waals surface area contributed by atoms with Crippen LogP contribution in [-0.2, 0) is 6.54 Å². The zero-order chi connectivity index (χ0) is 12.4. The van der Waals surface area contributed by atoms with Crippen LogP contribution >= 0.6 is 0 Å². The lowest BCUT2D eigenvalue weighted by Gasteiger charge is -2.34. The molecule has 1 fully saturated rings. The van der Waals surface area contributed by atoms with Crippen molar-refractivity contribution in [1.29, 1.82) is 0 Å². The summed E-state index contributed by atoms with van der Waals surface area (Å²) in [6.07, 6.45) is 0. The minimum Gasteiger partial charge on any atom is -0.454 e. The van der Waals surface area contributed by atoms with Gasteiger partial charge in [0.05, 0.1) is 0 Å². The van der Waals surface area contributed by atoms with E-state index in [1.54, 1.807) is 0 Å². The normalized spacial score (nSPS) is 20.3. The predicted octanol–water partition coefficient (Wildman–Crippen LogP) is 1.55. The monoisotopic (exact) mass is 248 g/mol. The minimum atomic E-state index is 0.355. The third-order valence-corrected chi connectivity index (χ3v) is 3.76. The molecule has 4 heteroatoms. The molecule has 0 N–H and O–H groups in total. The van der Waals surface area contributed by atoms with E-state index in [0.29, 0.717) is 6.79 Å². The van der Waals surface area contributed by atoms with Crippen LogP contribution in [0.4, 0.5) is 0 Å². The molecule has 0 saturated carbocycles. The molecule has 1 aromatic carbocycles. The fourth-order valence-corrected chi connectivity index (χ4v) is 2.56. The molecule has 2 aliphatic rings. The maximum Gasteiger partial charge on any atom is 0.231 e. The number of piperazine rings is 1. The second-order valence-electron chi connectivity index (χ2n) is 4.90. The number of hydrogen-bond donors (Lipinski definition) is 0. The number of benzene rings is 1. The summed E-state index contributed by atoms with van der Waals surface area (Å²) in [6, 6.07) is 6.26. The molecular formula is C14H20N2O2. The van der Waals surface area contributed by atoms with Crippen LogP contribution in [0, 0.1) is 0 Å². The van der Waals surface area contributed by atoms with Gasteiger partial charge in [-0.25, -0.2) is 0 Å². The Morgan fingerprint density at radius 1 is 1.00 bits per heavy atom. The zero-order valence-electron chi connectivity index (χ0n) is 10.9. The van der Waals surface area contributed by atoms with E-state index in [-0.39, 0.29) is 0 Å². The summed E-state index contributed by atoms with van der Waals surface area (Å²) in [6.45, 7) is 9.43. The molecule has 4 nitrogen and oxygen atoms in total. The Morgan fingerprint density at radius 2 is 1.72 bits per heavy atom. The molecule has 0 radical (unpaired) electrons. The number of hydrogen-bond acceptors (Lipinski definition) is 4. The van der Waals surface area contributed by atoms with Gasteiger partial charge in [0.25, 0.3) is 0 Å². The first-order valence-electron chi connectivity index (χ1n) is 6.68. The summed E-state index contributed by atoms with van der Waals surface area (Å²) >= 11 is 0. The van der Waals surface area contributed by atoms with E-state index in [4.69, 9.17) is 9.47 Å². The summed E-state index contributed by atoms with van der Waals surface area (Å²) in [4.78, 5) is 5.00. The summed E-state index contributed by atoms with van der Waals surface area (Å²) in [5.74, 6) is 1.76. The fourth-order valence-electron chi connectivity index (χ4n) is 2.56. The van der Waals surface area contributed by atoms with Crippen LogP contribution in [-0.4, -0.2) is 49.3 Å². The molecule has 2 aliphatic heterocycles. The maximum atomic E-state index is 5.41. The van der Waals surface area contributed by atoms with Crippen LogP contribution in [0.15, 0.2) is 18.2 Å². The Morgan fingerprint density at radius 3 is 2.50 bits per heavy atom. The van der Waals surface area contributed by atoms with E-state index in [1.165, 1.54) is 18.7 Å². The van der Waals surface area contributed by atoms with Crippen molar-refractivity contribution in [2.45, 2.75) is 13.5 Å². The smallest absolute Gasteiger partial charge is 0.231 e. The highest BCUT2D eigenvalue weighted by Gasteiger charge is 2.17. The molecule has 0 aliphatic carbocycles. The minimum absolute atomic E-state index is 0.355. The lowest BCUT2D eigenvalue weighted by atomic mass is 10.1. The van der Waals surface area contributed by atoms with Crippen LogP contribution < -0.4 is 9.47 Å². The van der Waals surface area contributed by atoms with Crippen molar-refractivity contribution in [2.75, 3.05) is 39.5 Å². The highest BCUT2D eigenvalue weighted by molar-refractivity contribution is 5.44. The van der Waals surface area contributed by atoms with Gasteiger partial charge in [0.2, 0.25) is 6.79 Å². The van der Waals surface area contributed by atoms with Gasteiger partial charge in [-0.2, -0.15) is 0 Å². The quantitative estimate of drug-likeness (QED) is 0.810. The van der Waals surface area contributed by atoms with Crippen molar-refractivity contribution in [3.8, 4) is 11.5 Å². The summed E-state index contributed by atoms with van der Waals surface area (Å²) < 4.78 is 10.7. The number of likely N-dealkylation sites (N-methyl/N-ethyl adjacent to an activating group) is 1. The second kappa shape index (κ2) is 5.16. The molecule has 0 bridgehead atoms. The molecule has 98 valence electrons. The standard InChI is InChI=1S/C14H20N2O2/c1-2-15-5-7-16(8-6-15)10-12-3-4-13-14(9-12)18-11-17-13/h3-4,9H,2,5-8,10-11H2,1H3. The van der Waals surface area contributed by atoms with E-state index in [2.05, 4.69) is 28.9 Å². The molecule has 0 amide bonds. The Labute approximate surface area is 108 Å². The van der Waals surface area contributed by atoms with Crippen LogP contribution in [0.3, 0.4) is 0 Å². The van der Waals surface area contributed by atoms with Crippen molar-refractivity contribution in [1.82, 2.24) is 9.80 Å². The number of nitrogens with zero attached hydrogens (tertiary/aromatic N) is 2. The molecule has 0 unspecified atom stereocenters. The number of rotatable bonds is 3. The van der Waals surface area contributed by atoms with Crippen LogP contribution in [0.25, 0.3) is 0 Å². The molecule has 1 saturated heterocycles. The molecule has 0 spiro atoms. The summed E-state index contributed by atoms with van der Waals surface area (Å²) in [7, 11) is 0.